The normalized spacial score (nSPS) is 10.6. The molecule has 0 spiro atoms. The Hall–Kier alpha value is -1.98. The highest BCUT2D eigenvalue weighted by atomic mass is 19.1. The summed E-state index contributed by atoms with van der Waals surface area (Å²) in [5.41, 5.74) is 5.32. The zero-order chi connectivity index (χ0) is 11.0. The highest BCUT2D eigenvalue weighted by Gasteiger charge is 2.15. The molecule has 6 heteroatoms. The lowest BCUT2D eigenvalue weighted by molar-refractivity contribution is 0.540. The number of anilines is 1. The summed E-state index contributed by atoms with van der Waals surface area (Å²) in [4.78, 5) is 0.840. The third-order valence-electron chi connectivity index (χ3n) is 1.97. The van der Waals surface area contributed by atoms with E-state index < -0.39 is 11.6 Å². The number of nitrogens with two attached hydrogens (primary N) is 1. The molecule has 0 aliphatic rings. The second-order valence-corrected chi connectivity index (χ2v) is 3.09. The maximum absolute atomic E-state index is 13.6. The summed E-state index contributed by atoms with van der Waals surface area (Å²) >= 11 is 0. The van der Waals surface area contributed by atoms with E-state index in [9.17, 15) is 8.78 Å². The molecule has 15 heavy (non-hydrogen) atoms. The molecule has 1 heterocycles. The molecular formula is C9H8F2N4. The van der Waals surface area contributed by atoms with Gasteiger partial charge in [0.25, 0.3) is 0 Å². The van der Waals surface area contributed by atoms with Crippen molar-refractivity contribution >= 4 is 5.82 Å². The van der Waals surface area contributed by atoms with E-state index in [1.165, 1.54) is 19.2 Å². The minimum Gasteiger partial charge on any atom is -0.381 e. The number of aryl methyl sites for hydroxylation is 1. The van der Waals surface area contributed by atoms with Crippen molar-refractivity contribution in [1.29, 1.82) is 0 Å². The Bertz CT molecular complexity index is 507. The van der Waals surface area contributed by atoms with Crippen LogP contribution in [0.3, 0.4) is 0 Å². The van der Waals surface area contributed by atoms with Crippen LogP contribution >= 0.6 is 0 Å². The standard InChI is InChI=1S/C9H8F2N4/c1-5-2-3-6(10)9(8(5)11)15-13-4-7(12)14-15/h2-4H,1H3,(H2,12,14). The lowest BCUT2D eigenvalue weighted by Crippen LogP contribution is -2.06. The van der Waals surface area contributed by atoms with Gasteiger partial charge in [-0.3, -0.25) is 0 Å². The molecule has 2 N–H and O–H groups in total. The third-order valence-corrected chi connectivity index (χ3v) is 1.97. The van der Waals surface area contributed by atoms with Crippen LogP contribution in [-0.2, 0) is 0 Å². The van der Waals surface area contributed by atoms with Gasteiger partial charge < -0.3 is 5.73 Å². The lowest BCUT2D eigenvalue weighted by atomic mass is 10.2. The Morgan fingerprint density at radius 3 is 2.67 bits per heavy atom. The maximum Gasteiger partial charge on any atom is 0.166 e. The van der Waals surface area contributed by atoms with Crippen molar-refractivity contribution in [1.82, 2.24) is 15.0 Å². The van der Waals surface area contributed by atoms with Crippen LogP contribution in [0, 0.1) is 18.6 Å². The maximum atomic E-state index is 13.6. The molecule has 4 nitrogen and oxygen atoms in total. The molecule has 0 bridgehead atoms. The molecule has 2 rings (SSSR count). The minimum atomic E-state index is -0.728. The first-order valence-corrected chi connectivity index (χ1v) is 4.22. The smallest absolute Gasteiger partial charge is 0.166 e. The van der Waals surface area contributed by atoms with Gasteiger partial charge in [0.2, 0.25) is 0 Å². The molecule has 0 amide bonds. The largest absolute Gasteiger partial charge is 0.381 e. The molecule has 0 atom stereocenters. The number of nitrogens with zero attached hydrogens (tertiary/aromatic N) is 3. The van der Waals surface area contributed by atoms with E-state index in [0.29, 0.717) is 5.56 Å². The number of aromatic nitrogens is 3. The number of benzene rings is 1. The van der Waals surface area contributed by atoms with Gasteiger partial charge in [-0.25, -0.2) is 8.78 Å². The molecule has 0 saturated carbocycles. The zero-order valence-corrected chi connectivity index (χ0v) is 7.91. The van der Waals surface area contributed by atoms with Crippen LogP contribution in [0.2, 0.25) is 0 Å². The second kappa shape index (κ2) is 3.30. The first-order valence-electron chi connectivity index (χ1n) is 4.22. The van der Waals surface area contributed by atoms with Crippen LogP contribution in [-0.4, -0.2) is 15.0 Å². The van der Waals surface area contributed by atoms with Crippen LogP contribution in [0.4, 0.5) is 14.6 Å². The van der Waals surface area contributed by atoms with E-state index >= 15 is 0 Å². The van der Waals surface area contributed by atoms with Crippen molar-refractivity contribution in [3.63, 3.8) is 0 Å². The van der Waals surface area contributed by atoms with Gasteiger partial charge in [0.15, 0.2) is 23.1 Å². The molecule has 1 aromatic carbocycles. The molecule has 0 aliphatic carbocycles. The van der Waals surface area contributed by atoms with Crippen molar-refractivity contribution in [2.75, 3.05) is 5.73 Å². The first-order chi connectivity index (χ1) is 7.09. The van der Waals surface area contributed by atoms with Gasteiger partial charge in [-0.15, -0.1) is 9.90 Å². The van der Waals surface area contributed by atoms with Crippen molar-refractivity contribution in [2.45, 2.75) is 6.92 Å². The number of hydrogen-bond acceptors (Lipinski definition) is 3. The molecule has 0 fully saturated rings. The number of hydrogen-bond donors (Lipinski definition) is 1. The number of nitrogen functional groups attached to an aromatic ring is 1. The molecule has 0 aliphatic heterocycles. The summed E-state index contributed by atoms with van der Waals surface area (Å²) in [5.74, 6) is -1.31. The summed E-state index contributed by atoms with van der Waals surface area (Å²) in [5, 5.41) is 7.30. The fraction of sp³-hybridized carbons (Fsp3) is 0.111. The molecule has 0 saturated heterocycles. The predicted molar refractivity (Wildman–Crippen MR) is 50.4 cm³/mol. The topological polar surface area (TPSA) is 56.7 Å². The molecule has 2 aromatic rings. The van der Waals surface area contributed by atoms with Crippen LogP contribution < -0.4 is 5.73 Å². The molecular weight excluding hydrogens is 202 g/mol. The van der Waals surface area contributed by atoms with Crippen molar-refractivity contribution in [3.8, 4) is 5.69 Å². The summed E-state index contributed by atoms with van der Waals surface area (Å²) < 4.78 is 26.9. The average Bonchev–Trinajstić information content (AvgIpc) is 2.59. The van der Waals surface area contributed by atoms with Crippen molar-refractivity contribution in [3.05, 3.63) is 35.5 Å². The minimum absolute atomic E-state index is 0.107. The van der Waals surface area contributed by atoms with E-state index in [-0.39, 0.29) is 11.5 Å². The Kier molecular flexibility index (Phi) is 2.11. The van der Waals surface area contributed by atoms with Gasteiger partial charge in [0.1, 0.15) is 0 Å². The van der Waals surface area contributed by atoms with Gasteiger partial charge >= 0.3 is 0 Å². The summed E-state index contributed by atoms with van der Waals surface area (Å²) in [6.07, 6.45) is 1.22. The SMILES string of the molecule is Cc1ccc(F)c(-n2ncc(N)n2)c1F. The van der Waals surface area contributed by atoms with E-state index in [2.05, 4.69) is 10.2 Å². The summed E-state index contributed by atoms with van der Waals surface area (Å²) in [6.45, 7) is 1.53. The average molecular weight is 210 g/mol. The Labute approximate surface area is 84.3 Å². The van der Waals surface area contributed by atoms with Gasteiger partial charge in [0.05, 0.1) is 6.20 Å². The molecule has 1 aromatic heterocycles. The van der Waals surface area contributed by atoms with Crippen LogP contribution in [0.15, 0.2) is 18.3 Å². The Morgan fingerprint density at radius 1 is 1.33 bits per heavy atom. The van der Waals surface area contributed by atoms with Crippen LogP contribution in [0.25, 0.3) is 5.69 Å². The molecule has 0 radical (unpaired) electrons. The highest BCUT2D eigenvalue weighted by Crippen LogP contribution is 2.19. The highest BCUT2D eigenvalue weighted by molar-refractivity contribution is 5.38. The van der Waals surface area contributed by atoms with E-state index in [1.807, 2.05) is 0 Å². The van der Waals surface area contributed by atoms with Crippen LogP contribution in [0.1, 0.15) is 5.56 Å². The lowest BCUT2D eigenvalue weighted by Gasteiger charge is -2.05. The monoisotopic (exact) mass is 210 g/mol. The molecule has 0 unspecified atom stereocenters. The van der Waals surface area contributed by atoms with E-state index in [1.54, 1.807) is 0 Å². The Balaban J connectivity index is 2.66. The summed E-state index contributed by atoms with van der Waals surface area (Å²) in [6, 6.07) is 2.51. The van der Waals surface area contributed by atoms with Crippen LogP contribution in [0.5, 0.6) is 0 Å². The molecule has 78 valence electrons. The summed E-state index contributed by atoms with van der Waals surface area (Å²) in [7, 11) is 0. The quantitative estimate of drug-likeness (QED) is 0.774. The second-order valence-electron chi connectivity index (χ2n) is 3.09. The van der Waals surface area contributed by atoms with Gasteiger partial charge in [-0.1, -0.05) is 6.07 Å². The fourth-order valence-corrected chi connectivity index (χ4v) is 1.21. The third kappa shape index (κ3) is 1.54. The number of rotatable bonds is 1. The predicted octanol–water partition coefficient (Wildman–Crippen LogP) is 1.44. The Morgan fingerprint density at radius 2 is 2.07 bits per heavy atom. The van der Waals surface area contributed by atoms with Gasteiger partial charge in [-0.05, 0) is 18.6 Å². The van der Waals surface area contributed by atoms with Gasteiger partial charge in [-0.2, -0.15) is 5.10 Å². The fourth-order valence-electron chi connectivity index (χ4n) is 1.21. The van der Waals surface area contributed by atoms with Crippen molar-refractivity contribution in [2.24, 2.45) is 0 Å². The van der Waals surface area contributed by atoms with E-state index in [4.69, 9.17) is 5.73 Å². The van der Waals surface area contributed by atoms with E-state index in [0.717, 1.165) is 10.9 Å². The van der Waals surface area contributed by atoms with Gasteiger partial charge in [0, 0.05) is 0 Å². The number of halogens is 2. The zero-order valence-electron chi connectivity index (χ0n) is 7.91. The first kappa shape index (κ1) is 9.57. The van der Waals surface area contributed by atoms with Crippen molar-refractivity contribution < 1.29 is 8.78 Å².